The van der Waals surface area contributed by atoms with E-state index in [1.807, 2.05) is 0 Å². The second-order valence-electron chi connectivity index (χ2n) is 6.31. The zero-order valence-electron chi connectivity index (χ0n) is 13.2. The van der Waals surface area contributed by atoms with E-state index in [0.717, 1.165) is 6.54 Å². The van der Waals surface area contributed by atoms with Gasteiger partial charge < -0.3 is 5.32 Å². The van der Waals surface area contributed by atoms with Gasteiger partial charge in [-0.3, -0.25) is 4.90 Å². The van der Waals surface area contributed by atoms with Crippen LogP contribution in [-0.2, 0) is 0 Å². The number of nitrogens with one attached hydrogen (secondary N) is 1. The zero-order valence-corrected chi connectivity index (χ0v) is 13.2. The van der Waals surface area contributed by atoms with Gasteiger partial charge in [-0.1, -0.05) is 48.9 Å². The van der Waals surface area contributed by atoms with Crippen molar-refractivity contribution in [2.45, 2.75) is 25.3 Å². The first-order valence-electron chi connectivity index (χ1n) is 8.14. The fourth-order valence-electron chi connectivity index (χ4n) is 3.90. The van der Waals surface area contributed by atoms with Crippen molar-refractivity contribution in [2.75, 3.05) is 27.2 Å². The topological polar surface area (TPSA) is 15.3 Å². The normalized spacial score (nSPS) is 24.1. The van der Waals surface area contributed by atoms with Crippen molar-refractivity contribution in [2.24, 2.45) is 5.92 Å². The predicted octanol–water partition coefficient (Wildman–Crippen LogP) is 3.83. The van der Waals surface area contributed by atoms with Crippen molar-refractivity contribution in [1.29, 1.82) is 0 Å². The van der Waals surface area contributed by atoms with Crippen LogP contribution in [0.4, 0.5) is 0 Å². The minimum atomic E-state index is 0.519. The number of nitrogens with zero attached hydrogens (tertiary/aromatic N) is 1. The summed E-state index contributed by atoms with van der Waals surface area (Å²) in [6, 6.07) is 16.1. The van der Waals surface area contributed by atoms with E-state index in [2.05, 4.69) is 66.8 Å². The maximum atomic E-state index is 3.41. The van der Waals surface area contributed by atoms with Crippen LogP contribution < -0.4 is 5.32 Å². The van der Waals surface area contributed by atoms with Gasteiger partial charge in [0, 0.05) is 6.04 Å². The Morgan fingerprint density at radius 1 is 1.10 bits per heavy atom. The molecule has 1 aliphatic heterocycles. The van der Waals surface area contributed by atoms with Gasteiger partial charge in [-0.25, -0.2) is 0 Å². The van der Waals surface area contributed by atoms with Crippen LogP contribution in [0.25, 0.3) is 10.8 Å². The molecule has 0 bridgehead atoms. The van der Waals surface area contributed by atoms with Gasteiger partial charge in [0.1, 0.15) is 0 Å². The molecule has 0 saturated carbocycles. The number of hydrogen-bond acceptors (Lipinski definition) is 2. The van der Waals surface area contributed by atoms with Crippen molar-refractivity contribution in [1.82, 2.24) is 10.2 Å². The summed E-state index contributed by atoms with van der Waals surface area (Å²) < 4.78 is 0. The first-order valence-corrected chi connectivity index (χ1v) is 8.14. The Morgan fingerprint density at radius 3 is 2.76 bits per heavy atom. The van der Waals surface area contributed by atoms with E-state index < -0.39 is 0 Å². The molecule has 2 nitrogen and oxygen atoms in total. The summed E-state index contributed by atoms with van der Waals surface area (Å²) in [7, 11) is 4.37. The van der Waals surface area contributed by atoms with Gasteiger partial charge in [-0.2, -0.15) is 0 Å². The molecule has 0 spiro atoms. The largest absolute Gasteiger partial charge is 0.319 e. The molecule has 1 heterocycles. The van der Waals surface area contributed by atoms with E-state index >= 15 is 0 Å². The van der Waals surface area contributed by atoms with Gasteiger partial charge in [-0.05, 0) is 62.3 Å². The van der Waals surface area contributed by atoms with Gasteiger partial charge in [0.2, 0.25) is 0 Å². The lowest BCUT2D eigenvalue weighted by atomic mass is 9.86. The molecule has 0 amide bonds. The van der Waals surface area contributed by atoms with Gasteiger partial charge in [-0.15, -0.1) is 0 Å². The Morgan fingerprint density at radius 2 is 1.90 bits per heavy atom. The summed E-state index contributed by atoms with van der Waals surface area (Å²) in [6.07, 6.45) is 3.98. The third kappa shape index (κ3) is 2.97. The average molecular weight is 282 g/mol. The number of rotatable bonds is 3. The molecule has 112 valence electrons. The number of fused-ring (bicyclic) bond motifs is 1. The Bertz CT molecular complexity index is 588. The SMILES string of the molecule is CNCC1CCCCN(C)C1c1cccc2ccccc12. The first kappa shape index (κ1) is 14.6. The molecule has 21 heavy (non-hydrogen) atoms. The Balaban J connectivity index is 2.07. The molecule has 2 aromatic rings. The zero-order chi connectivity index (χ0) is 14.7. The van der Waals surface area contributed by atoms with Gasteiger partial charge >= 0.3 is 0 Å². The van der Waals surface area contributed by atoms with Crippen LogP contribution in [0.2, 0.25) is 0 Å². The van der Waals surface area contributed by atoms with Crippen molar-refractivity contribution in [3.8, 4) is 0 Å². The summed E-state index contributed by atoms with van der Waals surface area (Å²) >= 11 is 0. The Hall–Kier alpha value is -1.38. The summed E-state index contributed by atoms with van der Waals surface area (Å²) in [5, 5.41) is 6.18. The van der Waals surface area contributed by atoms with Crippen LogP contribution in [0.3, 0.4) is 0 Å². The smallest absolute Gasteiger partial charge is 0.0391 e. The third-order valence-electron chi connectivity index (χ3n) is 4.87. The molecule has 2 heteroatoms. The van der Waals surface area contributed by atoms with Crippen molar-refractivity contribution < 1.29 is 0 Å². The van der Waals surface area contributed by atoms with Gasteiger partial charge in [0.25, 0.3) is 0 Å². The summed E-state index contributed by atoms with van der Waals surface area (Å²) in [5.74, 6) is 0.688. The van der Waals surface area contributed by atoms with Gasteiger partial charge in [0.05, 0.1) is 0 Å². The van der Waals surface area contributed by atoms with Crippen molar-refractivity contribution >= 4 is 10.8 Å². The average Bonchev–Trinajstić information content (AvgIpc) is 2.69. The third-order valence-corrected chi connectivity index (χ3v) is 4.87. The molecule has 1 saturated heterocycles. The molecular weight excluding hydrogens is 256 g/mol. The number of likely N-dealkylation sites (tertiary alicyclic amines) is 1. The van der Waals surface area contributed by atoms with E-state index in [9.17, 15) is 0 Å². The van der Waals surface area contributed by atoms with E-state index in [4.69, 9.17) is 0 Å². The standard InChI is InChI=1S/C19H26N2/c1-20-14-16-9-5-6-13-21(2)19(16)18-12-7-10-15-8-3-4-11-17(15)18/h3-4,7-8,10-12,16,19-20H,5-6,9,13-14H2,1-2H3. The van der Waals surface area contributed by atoms with E-state index in [-0.39, 0.29) is 0 Å². The molecule has 1 N–H and O–H groups in total. The molecule has 0 aliphatic carbocycles. The lowest BCUT2D eigenvalue weighted by molar-refractivity contribution is 0.192. The summed E-state index contributed by atoms with van der Waals surface area (Å²) in [4.78, 5) is 2.57. The Kier molecular flexibility index (Phi) is 4.57. The summed E-state index contributed by atoms with van der Waals surface area (Å²) in [5.41, 5.74) is 1.50. The molecule has 1 fully saturated rings. The highest BCUT2D eigenvalue weighted by Gasteiger charge is 2.29. The van der Waals surface area contributed by atoms with Crippen LogP contribution in [0, 0.1) is 5.92 Å². The first-order chi connectivity index (χ1) is 10.3. The molecule has 0 aromatic heterocycles. The van der Waals surface area contributed by atoms with Crippen molar-refractivity contribution in [3.05, 3.63) is 48.0 Å². The molecule has 3 rings (SSSR count). The molecule has 0 radical (unpaired) electrons. The van der Waals surface area contributed by atoms with Crippen LogP contribution in [0.5, 0.6) is 0 Å². The maximum absolute atomic E-state index is 3.41. The molecule has 2 atom stereocenters. The van der Waals surface area contributed by atoms with Crippen LogP contribution in [-0.4, -0.2) is 32.1 Å². The van der Waals surface area contributed by atoms with E-state index in [1.165, 1.54) is 42.1 Å². The number of hydrogen-bond donors (Lipinski definition) is 1. The van der Waals surface area contributed by atoms with E-state index in [0.29, 0.717) is 12.0 Å². The second kappa shape index (κ2) is 6.59. The fraction of sp³-hybridized carbons (Fsp3) is 0.474. The van der Waals surface area contributed by atoms with E-state index in [1.54, 1.807) is 0 Å². The van der Waals surface area contributed by atoms with Crippen molar-refractivity contribution in [3.63, 3.8) is 0 Å². The minimum Gasteiger partial charge on any atom is -0.319 e. The molecule has 1 aliphatic rings. The lowest BCUT2D eigenvalue weighted by Gasteiger charge is -2.33. The number of benzene rings is 2. The fourth-order valence-corrected chi connectivity index (χ4v) is 3.90. The molecule has 2 unspecified atom stereocenters. The lowest BCUT2D eigenvalue weighted by Crippen LogP contribution is -2.34. The quantitative estimate of drug-likeness (QED) is 0.920. The predicted molar refractivity (Wildman–Crippen MR) is 90.6 cm³/mol. The highest BCUT2D eigenvalue weighted by atomic mass is 15.1. The monoisotopic (exact) mass is 282 g/mol. The minimum absolute atomic E-state index is 0.519. The molecular formula is C19H26N2. The molecule has 2 aromatic carbocycles. The van der Waals surface area contributed by atoms with Gasteiger partial charge in [0.15, 0.2) is 0 Å². The van der Waals surface area contributed by atoms with Crippen LogP contribution in [0.1, 0.15) is 30.9 Å². The second-order valence-corrected chi connectivity index (χ2v) is 6.31. The van der Waals surface area contributed by atoms with Crippen LogP contribution in [0.15, 0.2) is 42.5 Å². The summed E-state index contributed by atoms with van der Waals surface area (Å²) in [6.45, 7) is 2.30. The maximum Gasteiger partial charge on any atom is 0.0391 e. The Labute approximate surface area is 128 Å². The highest BCUT2D eigenvalue weighted by molar-refractivity contribution is 5.86. The van der Waals surface area contributed by atoms with Crippen LogP contribution >= 0.6 is 0 Å². The highest BCUT2D eigenvalue weighted by Crippen LogP contribution is 2.37.